The van der Waals surface area contributed by atoms with Crippen molar-refractivity contribution in [2.75, 3.05) is 13.1 Å². The Morgan fingerprint density at radius 2 is 1.73 bits per heavy atom. The second kappa shape index (κ2) is 4.10. The quantitative estimate of drug-likeness (QED) is 0.562. The van der Waals surface area contributed by atoms with Crippen molar-refractivity contribution in [3.63, 3.8) is 0 Å². The Kier molecular flexibility index (Phi) is 3.38. The largest absolute Gasteiger partial charge is 0.300 e. The van der Waals surface area contributed by atoms with Crippen LogP contribution in [0.4, 0.5) is 0 Å². The lowest BCUT2D eigenvalue weighted by Gasteiger charge is -2.12. The van der Waals surface area contributed by atoms with E-state index in [-0.39, 0.29) is 0 Å². The van der Waals surface area contributed by atoms with Gasteiger partial charge in [-0.15, -0.1) is 0 Å². The van der Waals surface area contributed by atoms with Crippen LogP contribution in [0.1, 0.15) is 40.0 Å². The Morgan fingerprint density at radius 3 is 2.09 bits per heavy atom. The molecule has 1 aliphatic carbocycles. The van der Waals surface area contributed by atoms with Gasteiger partial charge in [0.25, 0.3) is 0 Å². The molecule has 66 valence electrons. The van der Waals surface area contributed by atoms with Crippen LogP contribution in [0, 0.1) is 5.92 Å². The van der Waals surface area contributed by atoms with Gasteiger partial charge < -0.3 is 4.90 Å². The lowest BCUT2D eigenvalue weighted by atomic mass is 10.2. The highest BCUT2D eigenvalue weighted by Crippen LogP contribution is 2.31. The molecule has 1 nitrogen and oxygen atoms in total. The third-order valence-electron chi connectivity index (χ3n) is 2.52. The number of hydrogen-bond acceptors (Lipinski definition) is 1. The summed E-state index contributed by atoms with van der Waals surface area (Å²) in [6.45, 7) is 9.12. The van der Waals surface area contributed by atoms with Crippen LogP contribution in [-0.2, 0) is 0 Å². The lowest BCUT2D eigenvalue weighted by molar-refractivity contribution is 0.318. The van der Waals surface area contributed by atoms with Crippen molar-refractivity contribution in [1.29, 1.82) is 0 Å². The third-order valence-corrected chi connectivity index (χ3v) is 2.52. The van der Waals surface area contributed by atoms with E-state index in [1.165, 1.54) is 32.4 Å². The predicted molar refractivity (Wildman–Crippen MR) is 49.7 cm³/mol. The van der Waals surface area contributed by atoms with E-state index in [1.54, 1.807) is 0 Å². The summed E-state index contributed by atoms with van der Waals surface area (Å²) in [5, 5.41) is 0. The Labute approximate surface area is 70.8 Å². The maximum absolute atomic E-state index is 2.66. The fourth-order valence-electron chi connectivity index (χ4n) is 1.74. The van der Waals surface area contributed by atoms with Crippen molar-refractivity contribution in [3.05, 3.63) is 0 Å². The van der Waals surface area contributed by atoms with Crippen LogP contribution in [0.15, 0.2) is 0 Å². The van der Waals surface area contributed by atoms with Gasteiger partial charge in [0.05, 0.1) is 0 Å². The highest BCUT2D eigenvalue weighted by molar-refractivity contribution is 4.88. The fraction of sp³-hybridized carbons (Fsp3) is 1.00. The molecule has 0 amide bonds. The van der Waals surface area contributed by atoms with Crippen LogP contribution in [0.25, 0.3) is 0 Å². The minimum absolute atomic E-state index is 0.977. The van der Waals surface area contributed by atoms with Crippen LogP contribution in [0.3, 0.4) is 0 Å². The summed E-state index contributed by atoms with van der Waals surface area (Å²) in [5.41, 5.74) is 0. The van der Waals surface area contributed by atoms with Crippen molar-refractivity contribution < 1.29 is 0 Å². The summed E-state index contributed by atoms with van der Waals surface area (Å²) >= 11 is 0. The zero-order chi connectivity index (χ0) is 8.27. The second-order valence-electron chi connectivity index (χ2n) is 3.62. The highest BCUT2D eigenvalue weighted by Gasteiger charge is 2.32. The van der Waals surface area contributed by atoms with Crippen molar-refractivity contribution in [2.45, 2.75) is 46.1 Å². The summed E-state index contributed by atoms with van der Waals surface area (Å²) in [7, 11) is 0. The smallest absolute Gasteiger partial charge is 0.00965 e. The van der Waals surface area contributed by atoms with E-state index in [0.717, 1.165) is 12.0 Å². The molecule has 0 N–H and O–H groups in total. The molecule has 1 saturated heterocycles. The topological polar surface area (TPSA) is 3.24 Å². The molecule has 11 heavy (non-hydrogen) atoms. The maximum atomic E-state index is 2.66. The average molecular weight is 155 g/mol. The molecule has 1 atom stereocenters. The Hall–Kier alpha value is -0.0400. The zero-order valence-electron chi connectivity index (χ0n) is 8.14. The summed E-state index contributed by atoms with van der Waals surface area (Å²) in [6.07, 6.45) is 4.40. The first-order valence-electron chi connectivity index (χ1n) is 5.10. The fourth-order valence-corrected chi connectivity index (χ4v) is 1.74. The van der Waals surface area contributed by atoms with Crippen LogP contribution < -0.4 is 0 Å². The molecule has 1 aliphatic heterocycles. The van der Waals surface area contributed by atoms with Gasteiger partial charge in [0.1, 0.15) is 0 Å². The predicted octanol–water partition coefficient (Wildman–Crippen LogP) is 2.52. The van der Waals surface area contributed by atoms with Gasteiger partial charge in [0, 0.05) is 12.6 Å². The van der Waals surface area contributed by atoms with E-state index in [9.17, 15) is 0 Å². The Balaban J connectivity index is 0.000000281. The standard InChI is InChI=1S/C8H15N.C2H6/c1-7-4-5-9(6-7)8-2-3-8;1-2/h7-8H,2-6H2,1H3;1-2H3. The van der Waals surface area contributed by atoms with E-state index in [1.807, 2.05) is 13.8 Å². The van der Waals surface area contributed by atoms with Crippen molar-refractivity contribution in [1.82, 2.24) is 4.90 Å². The summed E-state index contributed by atoms with van der Waals surface area (Å²) in [5.74, 6) is 0.977. The molecule has 1 heteroatoms. The van der Waals surface area contributed by atoms with Gasteiger partial charge in [-0.25, -0.2) is 0 Å². The number of nitrogens with zero attached hydrogens (tertiary/aromatic N) is 1. The van der Waals surface area contributed by atoms with Crippen LogP contribution in [-0.4, -0.2) is 24.0 Å². The minimum atomic E-state index is 0.977. The van der Waals surface area contributed by atoms with Gasteiger partial charge in [-0.05, 0) is 31.7 Å². The number of rotatable bonds is 1. The van der Waals surface area contributed by atoms with Gasteiger partial charge in [-0.2, -0.15) is 0 Å². The first-order valence-corrected chi connectivity index (χ1v) is 5.10. The molecule has 0 aromatic heterocycles. The number of hydrogen-bond donors (Lipinski definition) is 0. The highest BCUT2D eigenvalue weighted by atomic mass is 15.2. The number of likely N-dealkylation sites (tertiary alicyclic amines) is 1. The van der Waals surface area contributed by atoms with Crippen LogP contribution in [0.2, 0.25) is 0 Å². The zero-order valence-corrected chi connectivity index (χ0v) is 8.14. The maximum Gasteiger partial charge on any atom is 0.00965 e. The van der Waals surface area contributed by atoms with Gasteiger partial charge in [-0.3, -0.25) is 0 Å². The normalized spacial score (nSPS) is 31.4. The first kappa shape index (κ1) is 9.05. The van der Waals surface area contributed by atoms with Gasteiger partial charge in [-0.1, -0.05) is 20.8 Å². The molecule has 0 radical (unpaired) electrons. The van der Waals surface area contributed by atoms with Crippen molar-refractivity contribution in [2.24, 2.45) is 5.92 Å². The second-order valence-corrected chi connectivity index (χ2v) is 3.62. The van der Waals surface area contributed by atoms with E-state index in [2.05, 4.69) is 11.8 Å². The molecule has 1 heterocycles. The molecular formula is C10H21N. The first-order chi connectivity index (χ1) is 5.36. The van der Waals surface area contributed by atoms with E-state index >= 15 is 0 Å². The average Bonchev–Trinajstić information content (AvgIpc) is 2.80. The molecule has 2 fully saturated rings. The van der Waals surface area contributed by atoms with Crippen LogP contribution in [0.5, 0.6) is 0 Å². The lowest BCUT2D eigenvalue weighted by Crippen LogP contribution is -2.22. The van der Waals surface area contributed by atoms with Gasteiger partial charge in [0.2, 0.25) is 0 Å². The summed E-state index contributed by atoms with van der Waals surface area (Å²) in [6, 6.07) is 1.01. The minimum Gasteiger partial charge on any atom is -0.300 e. The Bertz CT molecular complexity index is 107. The SMILES string of the molecule is CC.CC1CCN(C2CC2)C1. The molecule has 0 bridgehead atoms. The molecule has 0 aromatic rings. The summed E-state index contributed by atoms with van der Waals surface area (Å²) < 4.78 is 0. The molecule has 1 saturated carbocycles. The third kappa shape index (κ3) is 2.48. The molecule has 2 aliphatic rings. The monoisotopic (exact) mass is 155 g/mol. The molecule has 0 spiro atoms. The van der Waals surface area contributed by atoms with Crippen LogP contribution >= 0.6 is 0 Å². The van der Waals surface area contributed by atoms with E-state index < -0.39 is 0 Å². The Morgan fingerprint density at radius 1 is 1.09 bits per heavy atom. The van der Waals surface area contributed by atoms with E-state index in [0.29, 0.717) is 0 Å². The van der Waals surface area contributed by atoms with Crippen molar-refractivity contribution >= 4 is 0 Å². The van der Waals surface area contributed by atoms with E-state index in [4.69, 9.17) is 0 Å². The van der Waals surface area contributed by atoms with Crippen molar-refractivity contribution in [3.8, 4) is 0 Å². The van der Waals surface area contributed by atoms with Gasteiger partial charge >= 0.3 is 0 Å². The summed E-state index contributed by atoms with van der Waals surface area (Å²) in [4.78, 5) is 2.66. The molecular weight excluding hydrogens is 134 g/mol. The molecule has 1 unspecified atom stereocenters. The van der Waals surface area contributed by atoms with Gasteiger partial charge in [0.15, 0.2) is 0 Å². The molecule has 0 aromatic carbocycles. The molecule has 2 rings (SSSR count).